The van der Waals surface area contributed by atoms with Gasteiger partial charge in [-0.05, 0) is 25.7 Å². The molecule has 0 radical (unpaired) electrons. The lowest BCUT2D eigenvalue weighted by atomic mass is 10.0. The Morgan fingerprint density at radius 2 is 2.43 bits per heavy atom. The van der Waals surface area contributed by atoms with Gasteiger partial charge >= 0.3 is 0 Å². The third-order valence-corrected chi connectivity index (χ3v) is 2.87. The smallest absolute Gasteiger partial charge is 0.223 e. The molecule has 1 aliphatic carbocycles. The molecule has 0 fully saturated rings. The van der Waals surface area contributed by atoms with Crippen LogP contribution in [0.3, 0.4) is 0 Å². The van der Waals surface area contributed by atoms with Crippen molar-refractivity contribution >= 4 is 5.91 Å². The highest BCUT2D eigenvalue weighted by Crippen LogP contribution is 2.21. The van der Waals surface area contributed by atoms with E-state index in [0.717, 1.165) is 12.8 Å². The first-order valence-electron chi connectivity index (χ1n) is 5.18. The summed E-state index contributed by atoms with van der Waals surface area (Å²) in [5.74, 6) is 0.541. The Balaban J connectivity index is 2.36. The summed E-state index contributed by atoms with van der Waals surface area (Å²) in [6.45, 7) is 1.88. The number of hydrogen-bond acceptors (Lipinski definition) is 2. The first-order chi connectivity index (χ1) is 6.65. The molecule has 3 heteroatoms. The summed E-state index contributed by atoms with van der Waals surface area (Å²) in [7, 11) is 1.75. The van der Waals surface area contributed by atoms with Gasteiger partial charge in [-0.1, -0.05) is 12.2 Å². The van der Waals surface area contributed by atoms with Crippen LogP contribution in [0.5, 0.6) is 0 Å². The molecule has 0 aromatic heterocycles. The molecule has 1 N–H and O–H groups in total. The molecule has 1 rings (SSSR count). The lowest BCUT2D eigenvalue weighted by Crippen LogP contribution is -2.37. The number of carbonyl (C=O) groups excluding carboxylic acids is 1. The van der Waals surface area contributed by atoms with E-state index >= 15 is 0 Å². The third-order valence-electron chi connectivity index (χ3n) is 2.87. The molecular weight excluding hydrogens is 178 g/mol. The number of aliphatic hydroxyl groups excluding tert-OH is 1. The number of amides is 1. The predicted octanol–water partition coefficient (Wildman–Crippen LogP) is 1.18. The fraction of sp³-hybridized carbons (Fsp3) is 0.727. The van der Waals surface area contributed by atoms with Gasteiger partial charge in [-0.3, -0.25) is 4.79 Å². The molecule has 0 saturated heterocycles. The zero-order valence-corrected chi connectivity index (χ0v) is 8.94. The van der Waals surface area contributed by atoms with Gasteiger partial charge in [-0.15, -0.1) is 0 Å². The molecular formula is C11H19NO2. The van der Waals surface area contributed by atoms with E-state index in [0.29, 0.717) is 12.3 Å². The third kappa shape index (κ3) is 2.84. The van der Waals surface area contributed by atoms with Crippen LogP contribution in [-0.2, 0) is 4.79 Å². The molecule has 0 spiro atoms. The van der Waals surface area contributed by atoms with Crippen molar-refractivity contribution in [2.45, 2.75) is 32.2 Å². The summed E-state index contributed by atoms with van der Waals surface area (Å²) >= 11 is 0. The standard InChI is InChI=1S/C11H19NO2/c1-9(8-13)12(2)11(14)7-10-5-3-4-6-10/h3,5,9-10,13H,4,6-8H2,1-2H3. The van der Waals surface area contributed by atoms with Gasteiger partial charge in [0.25, 0.3) is 0 Å². The fourth-order valence-electron chi connectivity index (χ4n) is 1.60. The topological polar surface area (TPSA) is 40.5 Å². The summed E-state index contributed by atoms with van der Waals surface area (Å²) in [4.78, 5) is 13.3. The van der Waals surface area contributed by atoms with Crippen LogP contribution in [0.15, 0.2) is 12.2 Å². The lowest BCUT2D eigenvalue weighted by molar-refractivity contribution is -0.133. The van der Waals surface area contributed by atoms with E-state index in [4.69, 9.17) is 5.11 Å². The Morgan fingerprint density at radius 3 is 2.93 bits per heavy atom. The summed E-state index contributed by atoms with van der Waals surface area (Å²) < 4.78 is 0. The highest BCUT2D eigenvalue weighted by atomic mass is 16.3. The predicted molar refractivity (Wildman–Crippen MR) is 55.8 cm³/mol. The second kappa shape index (κ2) is 5.15. The average Bonchev–Trinajstić information content (AvgIpc) is 2.68. The van der Waals surface area contributed by atoms with Crippen molar-refractivity contribution in [3.63, 3.8) is 0 Å². The van der Waals surface area contributed by atoms with E-state index in [-0.39, 0.29) is 18.6 Å². The zero-order chi connectivity index (χ0) is 10.6. The van der Waals surface area contributed by atoms with E-state index in [9.17, 15) is 4.79 Å². The van der Waals surface area contributed by atoms with E-state index in [1.165, 1.54) is 0 Å². The lowest BCUT2D eigenvalue weighted by Gasteiger charge is -2.24. The molecule has 14 heavy (non-hydrogen) atoms. The van der Waals surface area contributed by atoms with Gasteiger partial charge in [-0.2, -0.15) is 0 Å². The molecule has 3 nitrogen and oxygen atoms in total. The maximum atomic E-state index is 11.7. The summed E-state index contributed by atoms with van der Waals surface area (Å²) in [6, 6.07) is -0.0760. The van der Waals surface area contributed by atoms with Crippen molar-refractivity contribution < 1.29 is 9.90 Å². The van der Waals surface area contributed by atoms with Crippen LogP contribution in [0, 0.1) is 5.92 Å². The number of likely N-dealkylation sites (N-methyl/N-ethyl adjacent to an activating group) is 1. The summed E-state index contributed by atoms with van der Waals surface area (Å²) in [5.41, 5.74) is 0. The first-order valence-corrected chi connectivity index (χ1v) is 5.18. The minimum atomic E-state index is -0.0760. The molecule has 0 aliphatic heterocycles. The average molecular weight is 197 g/mol. The minimum absolute atomic E-state index is 0.0305. The maximum Gasteiger partial charge on any atom is 0.223 e. The monoisotopic (exact) mass is 197 g/mol. The maximum absolute atomic E-state index is 11.7. The Labute approximate surface area is 85.4 Å². The van der Waals surface area contributed by atoms with Gasteiger partial charge in [0.15, 0.2) is 0 Å². The normalized spacial score (nSPS) is 22.4. The van der Waals surface area contributed by atoms with Crippen LogP contribution < -0.4 is 0 Å². The van der Waals surface area contributed by atoms with Crippen LogP contribution >= 0.6 is 0 Å². The number of allylic oxidation sites excluding steroid dienone is 2. The molecule has 0 aromatic rings. The summed E-state index contributed by atoms with van der Waals surface area (Å²) in [5, 5.41) is 8.91. The van der Waals surface area contributed by atoms with E-state index < -0.39 is 0 Å². The minimum Gasteiger partial charge on any atom is -0.394 e. The highest BCUT2D eigenvalue weighted by Gasteiger charge is 2.19. The van der Waals surface area contributed by atoms with Crippen LogP contribution in [0.4, 0.5) is 0 Å². The Bertz CT molecular complexity index is 225. The van der Waals surface area contributed by atoms with Crippen molar-refractivity contribution in [1.82, 2.24) is 4.90 Å². The quantitative estimate of drug-likeness (QED) is 0.687. The molecule has 2 unspecified atom stereocenters. The zero-order valence-electron chi connectivity index (χ0n) is 8.94. The number of nitrogens with zero attached hydrogens (tertiary/aromatic N) is 1. The summed E-state index contributed by atoms with van der Waals surface area (Å²) in [6.07, 6.45) is 7.02. The van der Waals surface area contributed by atoms with Gasteiger partial charge in [-0.25, -0.2) is 0 Å². The van der Waals surface area contributed by atoms with Crippen LogP contribution in [0.2, 0.25) is 0 Å². The Hall–Kier alpha value is -0.830. The molecule has 0 aromatic carbocycles. The molecule has 2 atom stereocenters. The SMILES string of the molecule is CC(CO)N(C)C(=O)CC1C=CCC1. The number of carbonyl (C=O) groups is 1. The number of hydrogen-bond donors (Lipinski definition) is 1. The van der Waals surface area contributed by atoms with Crippen molar-refractivity contribution in [3.8, 4) is 0 Å². The van der Waals surface area contributed by atoms with Crippen LogP contribution in [0.25, 0.3) is 0 Å². The molecule has 0 saturated carbocycles. The molecule has 1 aliphatic rings. The van der Waals surface area contributed by atoms with Crippen LogP contribution in [-0.4, -0.2) is 35.6 Å². The first kappa shape index (κ1) is 11.2. The largest absolute Gasteiger partial charge is 0.394 e. The second-order valence-corrected chi connectivity index (χ2v) is 4.01. The van der Waals surface area contributed by atoms with Gasteiger partial charge < -0.3 is 10.0 Å². The van der Waals surface area contributed by atoms with Crippen molar-refractivity contribution in [1.29, 1.82) is 0 Å². The Morgan fingerprint density at radius 1 is 1.71 bits per heavy atom. The molecule has 1 amide bonds. The highest BCUT2D eigenvalue weighted by molar-refractivity contribution is 5.76. The molecule has 0 bridgehead atoms. The van der Waals surface area contributed by atoms with Gasteiger partial charge in [0.1, 0.15) is 0 Å². The van der Waals surface area contributed by atoms with Crippen molar-refractivity contribution in [2.75, 3.05) is 13.7 Å². The van der Waals surface area contributed by atoms with Crippen molar-refractivity contribution in [2.24, 2.45) is 5.92 Å². The van der Waals surface area contributed by atoms with Gasteiger partial charge in [0.2, 0.25) is 5.91 Å². The second-order valence-electron chi connectivity index (χ2n) is 4.01. The van der Waals surface area contributed by atoms with E-state index in [1.807, 2.05) is 6.92 Å². The van der Waals surface area contributed by atoms with Crippen molar-refractivity contribution in [3.05, 3.63) is 12.2 Å². The van der Waals surface area contributed by atoms with Gasteiger partial charge in [0.05, 0.1) is 12.6 Å². The number of rotatable bonds is 4. The fourth-order valence-corrected chi connectivity index (χ4v) is 1.60. The van der Waals surface area contributed by atoms with Gasteiger partial charge in [0, 0.05) is 13.5 Å². The molecule has 0 heterocycles. The Kier molecular flexibility index (Phi) is 4.14. The van der Waals surface area contributed by atoms with E-state index in [1.54, 1.807) is 11.9 Å². The molecule has 80 valence electrons. The number of aliphatic hydroxyl groups is 1. The van der Waals surface area contributed by atoms with Crippen LogP contribution in [0.1, 0.15) is 26.2 Å². The van der Waals surface area contributed by atoms with E-state index in [2.05, 4.69) is 12.2 Å².